The molecule has 0 bridgehead atoms. The van der Waals surface area contributed by atoms with Crippen molar-refractivity contribution in [1.29, 1.82) is 0 Å². The Hall–Kier alpha value is -8.72. The van der Waals surface area contributed by atoms with E-state index < -0.39 is 0 Å². The zero-order valence-electron chi connectivity index (χ0n) is 36.2. The summed E-state index contributed by atoms with van der Waals surface area (Å²) >= 11 is 0. The van der Waals surface area contributed by atoms with Crippen molar-refractivity contribution in [1.82, 2.24) is 0 Å². The first kappa shape index (κ1) is 38.9. The molecule has 0 unspecified atom stereocenters. The van der Waals surface area contributed by atoms with Gasteiger partial charge in [0.05, 0.1) is 0 Å². The molecular formula is C64H43NO. The second kappa shape index (κ2) is 16.8. The highest BCUT2D eigenvalue weighted by atomic mass is 16.3. The second-order valence-electron chi connectivity index (χ2n) is 16.9. The summed E-state index contributed by atoms with van der Waals surface area (Å²) in [5, 5.41) is 6.16. The summed E-state index contributed by atoms with van der Waals surface area (Å²) in [7, 11) is 0. The Labute approximate surface area is 384 Å². The summed E-state index contributed by atoms with van der Waals surface area (Å²) in [5.74, 6) is 0.878. The number of nitrogens with zero attached hydrogens (tertiary/aromatic N) is 1. The molecule has 0 saturated heterocycles. The molecule has 11 aromatic carbocycles. The fourth-order valence-electron chi connectivity index (χ4n) is 9.48. The molecule has 12 rings (SSSR count). The van der Waals surface area contributed by atoms with Gasteiger partial charge in [0, 0.05) is 28.0 Å². The maximum absolute atomic E-state index is 6.19. The Bertz CT molecular complexity index is 3630. The van der Waals surface area contributed by atoms with Crippen molar-refractivity contribution < 1.29 is 4.42 Å². The van der Waals surface area contributed by atoms with Gasteiger partial charge in [-0.25, -0.2) is 0 Å². The molecule has 1 heterocycles. The average molecular weight is 842 g/mol. The van der Waals surface area contributed by atoms with E-state index in [0.717, 1.165) is 56.0 Å². The summed E-state index contributed by atoms with van der Waals surface area (Å²) in [6.45, 7) is 0. The van der Waals surface area contributed by atoms with E-state index in [4.69, 9.17) is 4.42 Å². The molecular weight excluding hydrogens is 799 g/mol. The van der Waals surface area contributed by atoms with E-state index in [9.17, 15) is 0 Å². The standard InChI is InChI=1S/C64H43NO/c1-2-12-44(13-3-1)50-16-10-17-51(40-50)48-30-36-57(37-31-48)65(58-38-32-49(33-39-58)62-42-53-14-4-6-20-59(53)60-21-7-8-22-61(60)62)56-34-28-46(29-35-56)45-24-26-47(27-25-45)52-18-11-19-54(41-52)64-43-55-15-5-9-23-63(55)66-64/h1-43H. The predicted molar refractivity (Wildman–Crippen MR) is 279 cm³/mol. The minimum atomic E-state index is 0.878. The second-order valence-corrected chi connectivity index (χ2v) is 16.9. The van der Waals surface area contributed by atoms with Crippen molar-refractivity contribution in [2.24, 2.45) is 0 Å². The van der Waals surface area contributed by atoms with Crippen molar-refractivity contribution in [2.75, 3.05) is 4.90 Å². The maximum Gasteiger partial charge on any atom is 0.135 e. The summed E-state index contributed by atoms with van der Waals surface area (Å²) in [6, 6.07) is 93.8. The summed E-state index contributed by atoms with van der Waals surface area (Å²) in [6.07, 6.45) is 0. The van der Waals surface area contributed by atoms with Crippen molar-refractivity contribution in [3.63, 3.8) is 0 Å². The highest BCUT2D eigenvalue weighted by Crippen LogP contribution is 2.41. The number of para-hydroxylation sites is 1. The van der Waals surface area contributed by atoms with Gasteiger partial charge in [0.2, 0.25) is 0 Å². The minimum Gasteiger partial charge on any atom is -0.456 e. The third-order valence-corrected chi connectivity index (χ3v) is 12.9. The van der Waals surface area contributed by atoms with Gasteiger partial charge < -0.3 is 9.32 Å². The van der Waals surface area contributed by atoms with Crippen LogP contribution >= 0.6 is 0 Å². The van der Waals surface area contributed by atoms with Crippen LogP contribution < -0.4 is 4.90 Å². The number of furan rings is 1. The lowest BCUT2D eigenvalue weighted by Gasteiger charge is -2.26. The Kier molecular flexibility index (Phi) is 9.89. The molecule has 0 aliphatic heterocycles. The summed E-state index contributed by atoms with van der Waals surface area (Å²) < 4.78 is 6.19. The monoisotopic (exact) mass is 841 g/mol. The molecule has 0 atom stereocenters. The Morgan fingerprint density at radius 2 is 0.652 bits per heavy atom. The predicted octanol–water partition coefficient (Wildman–Crippen LogP) is 18.2. The van der Waals surface area contributed by atoms with Gasteiger partial charge in [-0.3, -0.25) is 0 Å². The smallest absolute Gasteiger partial charge is 0.135 e. The topological polar surface area (TPSA) is 16.4 Å². The molecule has 0 amide bonds. The van der Waals surface area contributed by atoms with Crippen LogP contribution in [0.3, 0.4) is 0 Å². The van der Waals surface area contributed by atoms with Gasteiger partial charge in [-0.15, -0.1) is 0 Å². The fraction of sp³-hybridized carbons (Fsp3) is 0. The summed E-state index contributed by atoms with van der Waals surface area (Å²) in [5.41, 5.74) is 17.1. The van der Waals surface area contributed by atoms with Crippen molar-refractivity contribution in [3.05, 3.63) is 261 Å². The van der Waals surface area contributed by atoms with Gasteiger partial charge in [0.15, 0.2) is 0 Å². The molecule has 66 heavy (non-hydrogen) atoms. The lowest BCUT2D eigenvalue weighted by molar-refractivity contribution is 0.631. The highest BCUT2D eigenvalue weighted by molar-refractivity contribution is 6.13. The SMILES string of the molecule is c1ccc(-c2cccc(-c3ccc(N(c4ccc(-c5ccc(-c6cccc(-c7cc8ccccc8o7)c6)cc5)cc4)c4ccc(-c5cc6ccccc6c6ccccc56)cc4)cc3)c2)cc1. The third-order valence-electron chi connectivity index (χ3n) is 12.9. The normalized spacial score (nSPS) is 11.3. The Morgan fingerprint density at radius 1 is 0.242 bits per heavy atom. The van der Waals surface area contributed by atoms with E-state index in [-0.39, 0.29) is 0 Å². The van der Waals surface area contributed by atoms with E-state index in [1.165, 1.54) is 60.5 Å². The Balaban J connectivity index is 0.871. The molecule has 2 heteroatoms. The third kappa shape index (κ3) is 7.41. The number of hydrogen-bond acceptors (Lipinski definition) is 2. The molecule has 0 aliphatic carbocycles. The van der Waals surface area contributed by atoms with Crippen LogP contribution in [0.4, 0.5) is 17.1 Å². The zero-order chi connectivity index (χ0) is 43.8. The minimum absolute atomic E-state index is 0.878. The molecule has 310 valence electrons. The number of rotatable bonds is 9. The lowest BCUT2D eigenvalue weighted by atomic mass is 9.93. The molecule has 0 spiro atoms. The molecule has 1 aromatic heterocycles. The molecule has 12 aromatic rings. The van der Waals surface area contributed by atoms with E-state index in [1.807, 2.05) is 18.2 Å². The van der Waals surface area contributed by atoms with Gasteiger partial charge in [-0.1, -0.05) is 194 Å². The maximum atomic E-state index is 6.19. The number of benzene rings is 11. The fourth-order valence-corrected chi connectivity index (χ4v) is 9.48. The Morgan fingerprint density at radius 3 is 1.24 bits per heavy atom. The van der Waals surface area contributed by atoms with Crippen LogP contribution in [0.5, 0.6) is 0 Å². The zero-order valence-corrected chi connectivity index (χ0v) is 36.2. The average Bonchev–Trinajstić information content (AvgIpc) is 3.85. The highest BCUT2D eigenvalue weighted by Gasteiger charge is 2.16. The molecule has 2 nitrogen and oxygen atoms in total. The van der Waals surface area contributed by atoms with Gasteiger partial charge >= 0.3 is 0 Å². The quantitative estimate of drug-likeness (QED) is 0.135. The van der Waals surface area contributed by atoms with Gasteiger partial charge in [-0.05, 0) is 144 Å². The molecule has 0 fully saturated rings. The van der Waals surface area contributed by atoms with Crippen LogP contribution in [0.1, 0.15) is 0 Å². The van der Waals surface area contributed by atoms with Gasteiger partial charge in [0.25, 0.3) is 0 Å². The van der Waals surface area contributed by atoms with E-state index >= 15 is 0 Å². The van der Waals surface area contributed by atoms with Crippen LogP contribution in [0.25, 0.3) is 99.5 Å². The van der Waals surface area contributed by atoms with Crippen LogP contribution in [-0.2, 0) is 0 Å². The molecule has 0 N–H and O–H groups in total. The van der Waals surface area contributed by atoms with Crippen molar-refractivity contribution in [3.8, 4) is 67.0 Å². The first-order valence-corrected chi connectivity index (χ1v) is 22.6. The van der Waals surface area contributed by atoms with Crippen LogP contribution in [-0.4, -0.2) is 0 Å². The lowest BCUT2D eigenvalue weighted by Crippen LogP contribution is -2.09. The van der Waals surface area contributed by atoms with Crippen LogP contribution in [0.2, 0.25) is 0 Å². The van der Waals surface area contributed by atoms with E-state index in [1.54, 1.807) is 0 Å². The van der Waals surface area contributed by atoms with Gasteiger partial charge in [-0.2, -0.15) is 0 Å². The van der Waals surface area contributed by atoms with Crippen LogP contribution in [0, 0.1) is 0 Å². The summed E-state index contributed by atoms with van der Waals surface area (Å²) in [4.78, 5) is 2.36. The van der Waals surface area contributed by atoms with Crippen molar-refractivity contribution in [2.45, 2.75) is 0 Å². The van der Waals surface area contributed by atoms with Crippen LogP contribution in [0.15, 0.2) is 265 Å². The van der Waals surface area contributed by atoms with Crippen molar-refractivity contribution >= 4 is 49.6 Å². The number of anilines is 3. The number of hydrogen-bond donors (Lipinski definition) is 0. The first-order valence-electron chi connectivity index (χ1n) is 22.6. The van der Waals surface area contributed by atoms with E-state index in [2.05, 4.69) is 248 Å². The molecule has 0 radical (unpaired) electrons. The molecule has 0 saturated carbocycles. The first-order chi connectivity index (χ1) is 32.7. The molecule has 0 aliphatic rings. The number of fused-ring (bicyclic) bond motifs is 4. The van der Waals surface area contributed by atoms with E-state index in [0.29, 0.717) is 0 Å². The van der Waals surface area contributed by atoms with Gasteiger partial charge in [0.1, 0.15) is 11.3 Å². The largest absolute Gasteiger partial charge is 0.456 e.